The van der Waals surface area contributed by atoms with E-state index < -0.39 is 155 Å². The van der Waals surface area contributed by atoms with Crippen LogP contribution in [0.25, 0.3) is 0 Å². The van der Waals surface area contributed by atoms with E-state index in [4.69, 9.17) is 26.7 Å². The van der Waals surface area contributed by atoms with Gasteiger partial charge in [-0.2, -0.15) is 23.5 Å². The first-order valence-electron chi connectivity index (χ1n) is 37.5. The number of carbonyl (C=O) groups is 12. The molecule has 0 radical (unpaired) electrons. The molecule has 1 aliphatic heterocycles. The number of thioether (sulfide) groups is 2. The lowest BCUT2D eigenvalue weighted by atomic mass is 9.97. The van der Waals surface area contributed by atoms with Crippen LogP contribution in [0, 0.1) is 6.92 Å². The zero-order chi connectivity index (χ0) is 81.8. The van der Waals surface area contributed by atoms with Crippen LogP contribution in [-0.2, 0) is 98.6 Å². The molecule has 0 spiro atoms. The number of hydrogen-bond donors (Lipinski definition) is 12. The molecule has 6 aromatic carbocycles. The van der Waals surface area contributed by atoms with E-state index in [9.17, 15) is 51.6 Å². The van der Waals surface area contributed by atoms with Gasteiger partial charge in [0.15, 0.2) is 0 Å². The molecule has 6 aromatic rings. The average Bonchev–Trinajstić information content (AvgIpc) is 1.65. The Labute approximate surface area is 671 Å². The van der Waals surface area contributed by atoms with Gasteiger partial charge in [-0.3, -0.25) is 52.7 Å². The third-order valence-electron chi connectivity index (χ3n) is 18.5. The van der Waals surface area contributed by atoms with Crippen molar-refractivity contribution >= 4 is 105 Å². The van der Waals surface area contributed by atoms with Gasteiger partial charge < -0.3 is 74.1 Å². The fourth-order valence-corrected chi connectivity index (χ4v) is 15.4. The van der Waals surface area contributed by atoms with Gasteiger partial charge in [0.25, 0.3) is 0 Å². The average molecular weight is 1620 g/mol. The molecular formula is C82H99N13O16S3. The number of alkyl carbamates (subject to hydrolysis) is 1. The highest BCUT2D eigenvalue weighted by Crippen LogP contribution is 2.25. The molecule has 8 atom stereocenters. The third-order valence-corrected chi connectivity index (χ3v) is 22.2. The second-order valence-electron chi connectivity index (χ2n) is 27.5. The molecule has 29 nitrogen and oxygen atoms in total. The molecular weight excluding hydrogens is 1520 g/mol. The minimum absolute atomic E-state index is 0.0000692. The number of allylic oxidation sites excluding steroid dienone is 3. The number of benzene rings is 6. The van der Waals surface area contributed by atoms with Gasteiger partial charge >= 0.3 is 6.09 Å². The van der Waals surface area contributed by atoms with Crippen LogP contribution in [0.5, 0.6) is 5.75 Å². The van der Waals surface area contributed by atoms with Crippen molar-refractivity contribution < 1.29 is 75.4 Å². The van der Waals surface area contributed by atoms with Crippen molar-refractivity contribution in [2.45, 2.75) is 162 Å². The van der Waals surface area contributed by atoms with Crippen LogP contribution in [0.15, 0.2) is 199 Å². The number of nitrogens with two attached hydrogens (primary N) is 3. The normalized spacial score (nSPS) is 14.9. The molecule has 2 aliphatic rings. The van der Waals surface area contributed by atoms with Gasteiger partial charge in [-0.05, 0) is 117 Å². The highest BCUT2D eigenvalue weighted by atomic mass is 32.2. The topological polar surface area (TPSA) is 447 Å². The van der Waals surface area contributed by atoms with Gasteiger partial charge in [-0.25, -0.2) is 17.9 Å². The number of rotatable bonds is 46. The standard InChI is InChI=1S/C82H99N13O16S3/c1-54-32-38-62(39-33-54)114(108,109)87-42-18-17-30-63(74(99)86-47-73(85)98)89-80(105)70-31-19-43-95(70)81(106)69(53-113-51-60-28-15-6-16-29-60)93-78(103)67(46-72(84)97)92-75(100)64(40-41-71(83)96)88-76(101)65(44-55-20-7-2-8-21-55)90-77(102)66(45-56-34-36-61(37-35-56)110-48-57-22-9-3-10-23-57)91-79(104)68(52-112-50-59-26-13-5-14-27-59)94-82(107)111-49-58-24-11-4-12-25-58/h2-7,9-16,21-29,32-39,63-70,87H,8,17-20,30-31,40-53H2,1H3,(H2,83,96)(H2,84,97)(H2,85,98)(H,86,99)(H,88,101)(H,89,105)(H,90,102)(H,91,104)(H,92,100)(H,93,103)(H,94,107)/t63-,64-,65-,66-,67-,68-,69-,70-/m0/s1. The predicted molar refractivity (Wildman–Crippen MR) is 432 cm³/mol. The minimum Gasteiger partial charge on any atom is -0.489 e. The highest BCUT2D eigenvalue weighted by Gasteiger charge is 2.41. The summed E-state index contributed by atoms with van der Waals surface area (Å²) in [5.74, 6) is -8.85. The first kappa shape index (κ1) is 88.2. The Morgan fingerprint density at radius 1 is 0.509 bits per heavy atom. The Morgan fingerprint density at radius 2 is 1.04 bits per heavy atom. The minimum atomic E-state index is -3.88. The monoisotopic (exact) mass is 1620 g/mol. The van der Waals surface area contributed by atoms with Crippen LogP contribution in [-0.4, -0.2) is 164 Å². The van der Waals surface area contributed by atoms with E-state index in [-0.39, 0.29) is 81.2 Å². The Balaban J connectivity index is 1.01. The predicted octanol–water partition coefficient (Wildman–Crippen LogP) is 4.74. The lowest BCUT2D eigenvalue weighted by molar-refractivity contribution is -0.142. The van der Waals surface area contributed by atoms with Gasteiger partial charge in [0.05, 0.1) is 17.9 Å². The molecule has 606 valence electrons. The number of nitrogens with zero attached hydrogens (tertiary/aromatic N) is 1. The smallest absolute Gasteiger partial charge is 0.408 e. The maximum Gasteiger partial charge on any atom is 0.408 e. The molecule has 1 heterocycles. The number of carbonyl (C=O) groups excluding carboxylic acids is 12. The number of amides is 12. The molecule has 0 unspecified atom stereocenters. The lowest BCUT2D eigenvalue weighted by Crippen LogP contribution is -2.61. The van der Waals surface area contributed by atoms with Crippen molar-refractivity contribution in [1.82, 2.24) is 52.2 Å². The summed E-state index contributed by atoms with van der Waals surface area (Å²) in [6, 6.07) is 38.2. The van der Waals surface area contributed by atoms with E-state index in [1.807, 2.05) is 122 Å². The fraction of sp³-hybridized carbons (Fsp3) is 0.366. The summed E-state index contributed by atoms with van der Waals surface area (Å²) in [6.45, 7) is 1.37. The molecule has 32 heteroatoms. The zero-order valence-electron chi connectivity index (χ0n) is 63.3. The summed E-state index contributed by atoms with van der Waals surface area (Å²) in [5.41, 5.74) is 22.2. The Kier molecular flexibility index (Phi) is 35.6. The van der Waals surface area contributed by atoms with Crippen molar-refractivity contribution in [3.8, 4) is 5.75 Å². The summed E-state index contributed by atoms with van der Waals surface area (Å²) in [4.78, 5) is 170. The van der Waals surface area contributed by atoms with Crippen LogP contribution < -0.4 is 69.2 Å². The largest absolute Gasteiger partial charge is 0.489 e. The number of sulfonamides is 1. The van der Waals surface area contributed by atoms with Crippen molar-refractivity contribution in [2.75, 3.05) is 31.1 Å². The maximum atomic E-state index is 15.3. The SMILES string of the molecule is Cc1ccc(S(=O)(=O)NCCCC[C@H](NC(=O)[C@@H]2CCCN2C(=O)[C@H](CSCc2ccccc2)NC(=O)[C@H](CC(N)=O)NC(=O)[C@H](CCC(N)=O)NC(=O)[C@H](CC2=CCC=CC2)NC(=O)[C@H](Cc2ccc(OCc3ccccc3)cc2)NC(=O)[C@H](CSCc2ccccc2)NC(=O)OCc2ccccc2)C(=O)NCC(N)=O)cc1. The highest BCUT2D eigenvalue weighted by molar-refractivity contribution is 7.98. The maximum absolute atomic E-state index is 15.3. The molecule has 8 rings (SSSR count). The van der Waals surface area contributed by atoms with E-state index in [1.54, 1.807) is 60.7 Å². The van der Waals surface area contributed by atoms with Crippen molar-refractivity contribution in [1.29, 1.82) is 0 Å². The molecule has 1 saturated heterocycles. The molecule has 0 bridgehead atoms. The first-order chi connectivity index (χ1) is 54.9. The van der Waals surface area contributed by atoms with Gasteiger partial charge in [0.1, 0.15) is 67.3 Å². The molecule has 1 fully saturated rings. The van der Waals surface area contributed by atoms with E-state index in [0.29, 0.717) is 53.2 Å². The van der Waals surface area contributed by atoms with Crippen LogP contribution in [0.3, 0.4) is 0 Å². The number of primary amides is 3. The van der Waals surface area contributed by atoms with Gasteiger partial charge in [-0.15, -0.1) is 0 Å². The Morgan fingerprint density at radius 3 is 1.61 bits per heavy atom. The van der Waals surface area contributed by atoms with Crippen LogP contribution in [0.1, 0.15) is 104 Å². The van der Waals surface area contributed by atoms with Crippen molar-refractivity contribution in [2.24, 2.45) is 17.2 Å². The second-order valence-corrected chi connectivity index (χ2v) is 31.3. The van der Waals surface area contributed by atoms with E-state index in [0.717, 1.165) is 22.3 Å². The summed E-state index contributed by atoms with van der Waals surface area (Å²) in [6.07, 6.45) is 4.14. The van der Waals surface area contributed by atoms with Crippen molar-refractivity contribution in [3.63, 3.8) is 0 Å². The molecule has 1 aliphatic carbocycles. The van der Waals surface area contributed by atoms with Crippen LogP contribution >= 0.6 is 23.5 Å². The van der Waals surface area contributed by atoms with Gasteiger partial charge in [-0.1, -0.05) is 175 Å². The second kappa shape index (κ2) is 46.0. The van der Waals surface area contributed by atoms with E-state index >= 15 is 14.4 Å². The summed E-state index contributed by atoms with van der Waals surface area (Å²) < 4.78 is 40.1. The van der Waals surface area contributed by atoms with E-state index in [1.165, 1.54) is 40.6 Å². The Bertz CT molecular complexity index is 4420. The quantitative estimate of drug-likeness (QED) is 0.0181. The van der Waals surface area contributed by atoms with Crippen molar-refractivity contribution in [3.05, 3.63) is 227 Å². The number of hydrogen-bond acceptors (Lipinski definition) is 18. The Hall–Kier alpha value is -11.4. The molecule has 0 aromatic heterocycles. The van der Waals surface area contributed by atoms with Gasteiger partial charge in [0, 0.05) is 48.9 Å². The molecule has 15 N–H and O–H groups in total. The number of likely N-dealkylation sites (tertiary alicyclic amines) is 1. The zero-order valence-corrected chi connectivity index (χ0v) is 65.8. The van der Waals surface area contributed by atoms with Crippen LogP contribution in [0.2, 0.25) is 0 Å². The number of unbranched alkanes of at least 4 members (excludes halogenated alkanes) is 1. The van der Waals surface area contributed by atoms with E-state index in [2.05, 4.69) is 47.3 Å². The number of nitrogens with one attached hydrogen (secondary N) is 9. The third kappa shape index (κ3) is 30.3. The summed E-state index contributed by atoms with van der Waals surface area (Å²) >= 11 is 2.57. The molecule has 114 heavy (non-hydrogen) atoms. The molecule has 0 saturated carbocycles. The number of ether oxygens (including phenoxy) is 2. The lowest BCUT2D eigenvalue weighted by Gasteiger charge is -2.31. The summed E-state index contributed by atoms with van der Waals surface area (Å²) in [5, 5.41) is 21.2. The molecule has 12 amide bonds. The fourth-order valence-electron chi connectivity index (χ4n) is 12.3. The summed E-state index contributed by atoms with van der Waals surface area (Å²) in [7, 11) is -3.88. The number of aryl methyl sites for hydroxylation is 1. The first-order valence-corrected chi connectivity index (χ1v) is 41.3. The van der Waals surface area contributed by atoms with Gasteiger partial charge in [0.2, 0.25) is 75.0 Å². The van der Waals surface area contributed by atoms with Crippen LogP contribution in [0.4, 0.5) is 4.79 Å².